The van der Waals surface area contributed by atoms with Crippen molar-refractivity contribution < 1.29 is 9.59 Å². The molecule has 2 aromatic carbocycles. The molecule has 1 atom stereocenters. The number of Topliss-reactive ketones (excluding diaryl/α,β-unsaturated/α-hetero) is 1. The molecule has 1 amide bonds. The first-order chi connectivity index (χ1) is 9.99. The summed E-state index contributed by atoms with van der Waals surface area (Å²) in [5, 5.41) is 2.83. The number of carbonyl (C=O) groups is 2. The average Bonchev–Trinajstić information content (AvgIpc) is 2.47. The number of rotatable bonds is 4. The van der Waals surface area contributed by atoms with Gasteiger partial charge in [0.2, 0.25) is 0 Å². The highest BCUT2D eigenvalue weighted by Crippen LogP contribution is 2.17. The van der Waals surface area contributed by atoms with Gasteiger partial charge < -0.3 is 5.32 Å². The van der Waals surface area contributed by atoms with E-state index in [1.54, 1.807) is 25.1 Å². The number of amides is 1. The van der Waals surface area contributed by atoms with E-state index in [1.807, 2.05) is 37.3 Å². The highest BCUT2D eigenvalue weighted by molar-refractivity contribution is 9.10. The number of halogens is 1. The Bertz CT molecular complexity index is 666. The molecular formula is C17H16BrNO2. The maximum Gasteiger partial charge on any atom is 0.255 e. The molecule has 0 fully saturated rings. The van der Waals surface area contributed by atoms with Crippen LogP contribution in [-0.4, -0.2) is 16.5 Å². The van der Waals surface area contributed by atoms with Crippen LogP contribution in [0.4, 0.5) is 5.69 Å². The molecule has 1 N–H and O–H groups in total. The zero-order chi connectivity index (χ0) is 15.4. The molecule has 1 unspecified atom stereocenters. The summed E-state index contributed by atoms with van der Waals surface area (Å²) in [5.74, 6) is -0.251. The van der Waals surface area contributed by atoms with Crippen molar-refractivity contribution in [2.45, 2.75) is 18.7 Å². The first-order valence-corrected chi connectivity index (χ1v) is 7.56. The van der Waals surface area contributed by atoms with Crippen molar-refractivity contribution >= 4 is 33.3 Å². The second-order valence-corrected chi connectivity index (χ2v) is 6.20. The van der Waals surface area contributed by atoms with Crippen LogP contribution in [0.5, 0.6) is 0 Å². The van der Waals surface area contributed by atoms with Gasteiger partial charge in [-0.25, -0.2) is 0 Å². The molecule has 0 spiro atoms. The molecule has 2 rings (SSSR count). The summed E-state index contributed by atoms with van der Waals surface area (Å²) in [5.41, 5.74) is 2.61. The lowest BCUT2D eigenvalue weighted by Gasteiger charge is -2.10. The zero-order valence-corrected chi connectivity index (χ0v) is 13.5. The monoisotopic (exact) mass is 345 g/mol. The van der Waals surface area contributed by atoms with Crippen molar-refractivity contribution in [2.24, 2.45) is 0 Å². The number of alkyl halides is 1. The number of para-hydroxylation sites is 1. The minimum absolute atomic E-state index is 0.0382. The maximum absolute atomic E-state index is 12.3. The van der Waals surface area contributed by atoms with E-state index >= 15 is 0 Å². The van der Waals surface area contributed by atoms with Crippen LogP contribution in [0.25, 0.3) is 0 Å². The van der Waals surface area contributed by atoms with E-state index in [2.05, 4.69) is 21.2 Å². The van der Waals surface area contributed by atoms with Gasteiger partial charge in [-0.1, -0.05) is 46.3 Å². The summed E-state index contributed by atoms with van der Waals surface area (Å²) >= 11 is 3.26. The molecular weight excluding hydrogens is 330 g/mol. The zero-order valence-electron chi connectivity index (χ0n) is 11.9. The van der Waals surface area contributed by atoms with E-state index in [9.17, 15) is 9.59 Å². The standard InChI is InChI=1S/C17H16BrNO2/c1-11-8-9-13(16(20)12(2)18)10-15(11)17(21)19-14-6-4-3-5-7-14/h3-10,12H,1-2H3,(H,19,21). The normalized spacial score (nSPS) is 11.8. The Balaban J connectivity index is 2.28. The van der Waals surface area contributed by atoms with Gasteiger partial charge in [-0.05, 0) is 37.6 Å². The molecule has 0 aliphatic carbocycles. The number of aryl methyl sites for hydroxylation is 1. The SMILES string of the molecule is Cc1ccc(C(=O)C(C)Br)cc1C(=O)Nc1ccccc1. The Kier molecular flexibility index (Phi) is 4.91. The second kappa shape index (κ2) is 6.68. The summed E-state index contributed by atoms with van der Waals surface area (Å²) in [6.07, 6.45) is 0. The molecule has 108 valence electrons. The van der Waals surface area contributed by atoms with Gasteiger partial charge in [0.1, 0.15) is 0 Å². The first-order valence-electron chi connectivity index (χ1n) is 6.64. The lowest BCUT2D eigenvalue weighted by molar-refractivity contribution is 0.0996. The summed E-state index contributed by atoms with van der Waals surface area (Å²) < 4.78 is 0. The predicted octanol–water partition coefficient (Wildman–Crippen LogP) is 4.21. The van der Waals surface area contributed by atoms with Crippen molar-refractivity contribution in [2.75, 3.05) is 5.32 Å². The lowest BCUT2D eigenvalue weighted by Crippen LogP contribution is -2.16. The van der Waals surface area contributed by atoms with Crippen LogP contribution >= 0.6 is 15.9 Å². The Morgan fingerprint density at radius 3 is 2.38 bits per heavy atom. The van der Waals surface area contributed by atoms with Gasteiger partial charge in [-0.3, -0.25) is 9.59 Å². The Morgan fingerprint density at radius 1 is 1.10 bits per heavy atom. The summed E-state index contributed by atoms with van der Waals surface area (Å²) in [4.78, 5) is 24.1. The van der Waals surface area contributed by atoms with Gasteiger partial charge in [0, 0.05) is 16.8 Å². The number of anilines is 1. The van der Waals surface area contributed by atoms with Gasteiger partial charge in [0.15, 0.2) is 5.78 Å². The van der Waals surface area contributed by atoms with Crippen molar-refractivity contribution in [3.05, 3.63) is 65.2 Å². The van der Waals surface area contributed by atoms with Crippen LogP contribution in [0.15, 0.2) is 48.5 Å². The maximum atomic E-state index is 12.3. The first kappa shape index (κ1) is 15.4. The van der Waals surface area contributed by atoms with E-state index in [1.165, 1.54) is 0 Å². The van der Waals surface area contributed by atoms with Crippen LogP contribution in [-0.2, 0) is 0 Å². The van der Waals surface area contributed by atoms with E-state index < -0.39 is 0 Å². The molecule has 0 aliphatic rings. The third-order valence-electron chi connectivity index (χ3n) is 3.16. The third-order valence-corrected chi connectivity index (χ3v) is 3.58. The fourth-order valence-electron chi connectivity index (χ4n) is 1.97. The number of hydrogen-bond acceptors (Lipinski definition) is 2. The molecule has 2 aromatic rings. The van der Waals surface area contributed by atoms with Crippen LogP contribution < -0.4 is 5.32 Å². The van der Waals surface area contributed by atoms with Gasteiger partial charge in [-0.2, -0.15) is 0 Å². The van der Waals surface area contributed by atoms with Crippen LogP contribution in [0.1, 0.15) is 33.2 Å². The number of hydrogen-bond donors (Lipinski definition) is 1. The van der Waals surface area contributed by atoms with Crippen molar-refractivity contribution in [3.63, 3.8) is 0 Å². The smallest absolute Gasteiger partial charge is 0.255 e. The van der Waals surface area contributed by atoms with Gasteiger partial charge >= 0.3 is 0 Å². The van der Waals surface area contributed by atoms with Crippen LogP contribution in [0, 0.1) is 6.92 Å². The van der Waals surface area contributed by atoms with Crippen molar-refractivity contribution in [1.82, 2.24) is 0 Å². The van der Waals surface area contributed by atoms with Crippen molar-refractivity contribution in [1.29, 1.82) is 0 Å². The van der Waals surface area contributed by atoms with Crippen LogP contribution in [0.3, 0.4) is 0 Å². The third kappa shape index (κ3) is 3.79. The van der Waals surface area contributed by atoms with Gasteiger partial charge in [-0.15, -0.1) is 0 Å². The fraction of sp³-hybridized carbons (Fsp3) is 0.176. The van der Waals surface area contributed by atoms with E-state index in [0.717, 1.165) is 11.3 Å². The quantitative estimate of drug-likeness (QED) is 0.666. The summed E-state index contributed by atoms with van der Waals surface area (Å²) in [6, 6.07) is 14.4. The Morgan fingerprint density at radius 2 is 1.76 bits per heavy atom. The minimum Gasteiger partial charge on any atom is -0.322 e. The molecule has 0 bridgehead atoms. The average molecular weight is 346 g/mol. The van der Waals surface area contributed by atoms with E-state index in [4.69, 9.17) is 0 Å². The van der Waals surface area contributed by atoms with E-state index in [0.29, 0.717) is 11.1 Å². The number of benzene rings is 2. The number of nitrogens with one attached hydrogen (secondary N) is 1. The molecule has 3 nitrogen and oxygen atoms in total. The van der Waals surface area contributed by atoms with E-state index in [-0.39, 0.29) is 16.5 Å². The van der Waals surface area contributed by atoms with Gasteiger partial charge in [0.05, 0.1) is 4.83 Å². The molecule has 4 heteroatoms. The topological polar surface area (TPSA) is 46.2 Å². The highest BCUT2D eigenvalue weighted by atomic mass is 79.9. The number of ketones is 1. The molecule has 0 saturated carbocycles. The molecule has 0 radical (unpaired) electrons. The molecule has 0 aromatic heterocycles. The summed E-state index contributed by atoms with van der Waals surface area (Å²) in [7, 11) is 0. The molecule has 0 aliphatic heterocycles. The number of carbonyl (C=O) groups excluding carboxylic acids is 2. The Labute approximate surface area is 132 Å². The predicted molar refractivity (Wildman–Crippen MR) is 88.3 cm³/mol. The largest absolute Gasteiger partial charge is 0.322 e. The summed E-state index contributed by atoms with van der Waals surface area (Å²) in [6.45, 7) is 3.62. The Hall–Kier alpha value is -1.94. The second-order valence-electron chi connectivity index (χ2n) is 4.83. The lowest BCUT2D eigenvalue weighted by atomic mass is 10.0. The molecule has 21 heavy (non-hydrogen) atoms. The van der Waals surface area contributed by atoms with Crippen LogP contribution in [0.2, 0.25) is 0 Å². The fourth-order valence-corrected chi connectivity index (χ4v) is 2.23. The molecule has 0 heterocycles. The van der Waals surface area contributed by atoms with Gasteiger partial charge in [0.25, 0.3) is 5.91 Å². The van der Waals surface area contributed by atoms with Crippen molar-refractivity contribution in [3.8, 4) is 0 Å². The minimum atomic E-state index is -0.273. The molecule has 0 saturated heterocycles. The highest BCUT2D eigenvalue weighted by Gasteiger charge is 2.16.